The third-order valence-corrected chi connectivity index (χ3v) is 6.23. The fourth-order valence-electron chi connectivity index (χ4n) is 1.72. The quantitative estimate of drug-likeness (QED) is 0.589. The number of hydrogen-bond acceptors (Lipinski definition) is 6. The number of aliphatic carboxylic acids is 1. The van der Waals surface area contributed by atoms with E-state index in [-0.39, 0.29) is 18.1 Å². The summed E-state index contributed by atoms with van der Waals surface area (Å²) in [7, 11) is -3.44. The molecular formula is C10H18N2O6S2. The van der Waals surface area contributed by atoms with Gasteiger partial charge in [-0.1, -0.05) is 6.92 Å². The summed E-state index contributed by atoms with van der Waals surface area (Å²) in [4.78, 5) is 23.9. The second-order valence-corrected chi connectivity index (χ2v) is 7.79. The molecule has 1 aliphatic heterocycles. The van der Waals surface area contributed by atoms with Crippen molar-refractivity contribution < 1.29 is 28.2 Å². The van der Waals surface area contributed by atoms with Crippen molar-refractivity contribution in [3.05, 3.63) is 0 Å². The van der Waals surface area contributed by atoms with Crippen LogP contribution in [0.3, 0.4) is 0 Å². The van der Waals surface area contributed by atoms with Gasteiger partial charge in [0.15, 0.2) is 15.9 Å². The molecule has 20 heavy (non-hydrogen) atoms. The first-order chi connectivity index (χ1) is 9.33. The minimum Gasteiger partial charge on any atom is -0.480 e. The number of thioether (sulfide) groups is 1. The number of aliphatic hydroxyl groups is 1. The van der Waals surface area contributed by atoms with Crippen LogP contribution in [0, 0.1) is 0 Å². The fourth-order valence-corrected chi connectivity index (χ4v) is 4.69. The minimum atomic E-state index is -3.44. The first kappa shape index (κ1) is 17.1. The first-order valence-corrected chi connectivity index (χ1v) is 8.90. The van der Waals surface area contributed by atoms with Crippen LogP contribution < -0.4 is 5.32 Å². The van der Waals surface area contributed by atoms with Gasteiger partial charge in [-0.2, -0.15) is 11.8 Å². The molecule has 0 aromatic heterocycles. The van der Waals surface area contributed by atoms with Crippen molar-refractivity contribution in [3.63, 3.8) is 0 Å². The van der Waals surface area contributed by atoms with Crippen molar-refractivity contribution in [3.8, 4) is 0 Å². The molecule has 2 atom stereocenters. The van der Waals surface area contributed by atoms with Gasteiger partial charge in [0.1, 0.15) is 5.37 Å². The Bertz CT molecular complexity index is 466. The number of nitrogens with one attached hydrogen (secondary N) is 1. The number of carboxylic acids is 1. The molecule has 0 aliphatic carbocycles. The van der Waals surface area contributed by atoms with Crippen LogP contribution >= 0.6 is 11.8 Å². The molecule has 1 rings (SSSR count). The highest BCUT2D eigenvalue weighted by Gasteiger charge is 2.36. The lowest BCUT2D eigenvalue weighted by molar-refractivity contribution is -0.140. The second-order valence-electron chi connectivity index (χ2n) is 4.20. The van der Waals surface area contributed by atoms with E-state index < -0.39 is 39.9 Å². The van der Waals surface area contributed by atoms with Crippen LogP contribution in [0.2, 0.25) is 0 Å². The maximum absolute atomic E-state index is 12.0. The highest BCUT2D eigenvalue weighted by atomic mass is 32.2. The molecule has 1 unspecified atom stereocenters. The minimum absolute atomic E-state index is 0.0929. The summed E-state index contributed by atoms with van der Waals surface area (Å²) >= 11 is 1.43. The zero-order chi connectivity index (χ0) is 15.3. The van der Waals surface area contributed by atoms with E-state index in [1.165, 1.54) is 18.7 Å². The normalized spacial score (nSPS) is 21.3. The largest absolute Gasteiger partial charge is 0.480 e. The van der Waals surface area contributed by atoms with Gasteiger partial charge in [-0.05, 0) is 0 Å². The lowest BCUT2D eigenvalue weighted by atomic mass is 10.3. The van der Waals surface area contributed by atoms with Gasteiger partial charge in [0, 0.05) is 23.8 Å². The van der Waals surface area contributed by atoms with Gasteiger partial charge in [0.25, 0.3) is 0 Å². The molecule has 1 heterocycles. The van der Waals surface area contributed by atoms with E-state index in [4.69, 9.17) is 10.2 Å². The maximum atomic E-state index is 12.0. The summed E-state index contributed by atoms with van der Waals surface area (Å²) < 4.78 is 23.9. The van der Waals surface area contributed by atoms with Crippen LogP contribution in [-0.2, 0) is 14.6 Å². The molecule has 8 nitrogen and oxygen atoms in total. The summed E-state index contributed by atoms with van der Waals surface area (Å²) in [5.41, 5.74) is 0. The summed E-state index contributed by atoms with van der Waals surface area (Å²) in [5.74, 6) is -0.618. The average Bonchev–Trinajstić information content (AvgIpc) is 2.44. The van der Waals surface area contributed by atoms with Gasteiger partial charge in [-0.25, -0.2) is 18.0 Å². The molecule has 0 aromatic carbocycles. The lowest BCUT2D eigenvalue weighted by Gasteiger charge is -2.35. The third kappa shape index (κ3) is 4.00. The Morgan fingerprint density at radius 3 is 2.65 bits per heavy atom. The number of rotatable bonds is 5. The van der Waals surface area contributed by atoms with Crippen LogP contribution in [0.1, 0.15) is 6.92 Å². The van der Waals surface area contributed by atoms with Crippen LogP contribution in [0.15, 0.2) is 0 Å². The fraction of sp³-hybridized carbons (Fsp3) is 0.800. The molecule has 0 aromatic rings. The Balaban J connectivity index is 2.85. The van der Waals surface area contributed by atoms with E-state index in [0.29, 0.717) is 5.75 Å². The van der Waals surface area contributed by atoms with E-state index in [9.17, 15) is 18.0 Å². The molecule has 1 fully saturated rings. The summed E-state index contributed by atoms with van der Waals surface area (Å²) in [5, 5.41) is 18.8. The van der Waals surface area contributed by atoms with Gasteiger partial charge < -0.3 is 20.4 Å². The predicted octanol–water partition coefficient (Wildman–Crippen LogP) is -1.05. The molecule has 0 saturated carbocycles. The zero-order valence-electron chi connectivity index (χ0n) is 11.0. The van der Waals surface area contributed by atoms with Crippen LogP contribution in [0.25, 0.3) is 0 Å². The number of carbonyl (C=O) groups is 2. The first-order valence-electron chi connectivity index (χ1n) is 6.03. The number of carboxylic acid groups (broad SMARTS) is 1. The van der Waals surface area contributed by atoms with E-state index in [1.807, 2.05) is 0 Å². The average molecular weight is 326 g/mol. The number of urea groups is 1. The highest BCUT2D eigenvalue weighted by Crippen LogP contribution is 2.21. The Morgan fingerprint density at radius 2 is 2.15 bits per heavy atom. The smallest absolute Gasteiger partial charge is 0.328 e. The van der Waals surface area contributed by atoms with Crippen molar-refractivity contribution in [2.45, 2.75) is 18.3 Å². The molecular weight excluding hydrogens is 308 g/mol. The van der Waals surface area contributed by atoms with Crippen LogP contribution in [0.4, 0.5) is 4.79 Å². The molecule has 10 heteroatoms. The SMILES string of the molecule is CCS(=O)(=O)C1CSCCN1C(=O)N[C@@H](CO)C(=O)O. The predicted molar refractivity (Wildman–Crippen MR) is 74.3 cm³/mol. The van der Waals surface area contributed by atoms with Gasteiger partial charge in [-0.15, -0.1) is 0 Å². The van der Waals surface area contributed by atoms with Gasteiger partial charge in [0.05, 0.1) is 6.61 Å². The van der Waals surface area contributed by atoms with Crippen molar-refractivity contribution in [2.75, 3.05) is 30.4 Å². The molecule has 0 radical (unpaired) electrons. The Morgan fingerprint density at radius 1 is 1.50 bits per heavy atom. The van der Waals surface area contributed by atoms with E-state index in [1.54, 1.807) is 0 Å². The molecule has 1 saturated heterocycles. The van der Waals surface area contributed by atoms with Crippen LogP contribution in [-0.4, -0.2) is 77.4 Å². The number of nitrogens with zero attached hydrogens (tertiary/aromatic N) is 1. The van der Waals surface area contributed by atoms with Crippen molar-refractivity contribution >= 4 is 33.6 Å². The third-order valence-electron chi connectivity index (χ3n) is 2.94. The van der Waals surface area contributed by atoms with E-state index in [0.717, 1.165) is 4.90 Å². The number of sulfone groups is 1. The van der Waals surface area contributed by atoms with Crippen molar-refractivity contribution in [1.29, 1.82) is 0 Å². The molecule has 0 bridgehead atoms. The molecule has 0 spiro atoms. The zero-order valence-corrected chi connectivity index (χ0v) is 12.6. The monoisotopic (exact) mass is 326 g/mol. The lowest BCUT2D eigenvalue weighted by Crippen LogP contribution is -2.57. The second kappa shape index (κ2) is 7.14. The van der Waals surface area contributed by atoms with Gasteiger partial charge in [0.2, 0.25) is 0 Å². The van der Waals surface area contributed by atoms with Crippen molar-refractivity contribution in [2.24, 2.45) is 0 Å². The molecule has 3 N–H and O–H groups in total. The van der Waals surface area contributed by atoms with Crippen molar-refractivity contribution in [1.82, 2.24) is 10.2 Å². The summed E-state index contributed by atoms with van der Waals surface area (Å²) in [6.45, 7) is 0.964. The van der Waals surface area contributed by atoms with Crippen LogP contribution in [0.5, 0.6) is 0 Å². The topological polar surface area (TPSA) is 124 Å². The molecule has 1 aliphatic rings. The van der Waals surface area contributed by atoms with E-state index >= 15 is 0 Å². The molecule has 2 amide bonds. The molecule has 116 valence electrons. The van der Waals surface area contributed by atoms with Gasteiger partial charge in [-0.3, -0.25) is 0 Å². The summed E-state index contributed by atoms with van der Waals surface area (Å²) in [6, 6.07) is -2.23. The Hall–Kier alpha value is -1.00. The number of aliphatic hydroxyl groups excluding tert-OH is 1. The van der Waals surface area contributed by atoms with E-state index in [2.05, 4.69) is 5.32 Å². The Kier molecular flexibility index (Phi) is 6.08. The summed E-state index contributed by atoms with van der Waals surface area (Å²) in [6.07, 6.45) is 0. The number of hydrogen-bond donors (Lipinski definition) is 3. The maximum Gasteiger partial charge on any atom is 0.328 e. The number of amides is 2. The number of carbonyl (C=O) groups excluding carboxylic acids is 1. The Labute approximate surface area is 121 Å². The highest BCUT2D eigenvalue weighted by molar-refractivity contribution is 8.01. The standard InChI is InChI=1S/C10H18N2O6S2/c1-2-20(17,18)8-6-19-4-3-12(8)10(16)11-7(5-13)9(14)15/h7-8,13H,2-6H2,1H3,(H,11,16)(H,14,15)/t7-,8?/m0/s1. The van der Waals surface area contributed by atoms with Gasteiger partial charge >= 0.3 is 12.0 Å².